The second kappa shape index (κ2) is 5.54. The number of hydrogen-bond donors (Lipinski definition) is 1. The summed E-state index contributed by atoms with van der Waals surface area (Å²) >= 11 is 8.45. The van der Waals surface area contributed by atoms with Gasteiger partial charge in [-0.2, -0.15) is 0 Å². The van der Waals surface area contributed by atoms with Crippen LogP contribution in [0.4, 0.5) is 8.78 Å². The van der Waals surface area contributed by atoms with Crippen LogP contribution >= 0.6 is 27.5 Å². The second-order valence-corrected chi connectivity index (χ2v) is 4.07. The van der Waals surface area contributed by atoms with Crippen molar-refractivity contribution >= 4 is 33.5 Å². The maximum atomic E-state index is 12.8. The molecule has 3 nitrogen and oxygen atoms in total. The van der Waals surface area contributed by atoms with Crippen molar-refractivity contribution in [2.24, 2.45) is 0 Å². The average molecular weight is 315 g/mol. The van der Waals surface area contributed by atoms with Crippen molar-refractivity contribution in [2.45, 2.75) is 18.7 Å². The van der Waals surface area contributed by atoms with Gasteiger partial charge in [0.2, 0.25) is 0 Å². The Morgan fingerprint density at radius 1 is 1.62 bits per heavy atom. The fourth-order valence-corrected chi connectivity index (χ4v) is 2.03. The van der Waals surface area contributed by atoms with Gasteiger partial charge >= 0.3 is 5.97 Å². The third kappa shape index (κ3) is 2.89. The Morgan fingerprint density at radius 2 is 2.25 bits per heavy atom. The zero-order chi connectivity index (χ0) is 12.3. The summed E-state index contributed by atoms with van der Waals surface area (Å²) < 4.78 is 25.6. The average Bonchev–Trinajstić information content (AvgIpc) is 2.16. The van der Waals surface area contributed by atoms with Crippen LogP contribution in [0.5, 0.6) is 0 Å². The molecule has 0 saturated carbocycles. The predicted molar refractivity (Wildman–Crippen MR) is 57.8 cm³/mol. The number of halogens is 4. The van der Waals surface area contributed by atoms with Gasteiger partial charge in [-0.3, -0.25) is 9.78 Å². The summed E-state index contributed by atoms with van der Waals surface area (Å²) in [5.74, 6) is -1.30. The molecule has 0 aliphatic heterocycles. The predicted octanol–water partition coefficient (Wildman–Crippen LogP) is 3.15. The molecule has 1 N–H and O–H groups in total. The van der Waals surface area contributed by atoms with Crippen LogP contribution in [0, 0.1) is 0 Å². The van der Waals surface area contributed by atoms with E-state index in [0.717, 1.165) is 0 Å². The van der Waals surface area contributed by atoms with Crippen molar-refractivity contribution in [3.63, 3.8) is 0 Å². The molecular formula is C9H7BrClF2NO2. The third-order valence-corrected chi connectivity index (χ3v) is 2.82. The van der Waals surface area contributed by atoms with Crippen LogP contribution in [-0.4, -0.2) is 16.1 Å². The minimum atomic E-state index is -2.77. The Hall–Kier alpha value is -0.750. The molecule has 0 aliphatic rings. The number of nitrogens with zero attached hydrogens (tertiary/aromatic N) is 1. The Morgan fingerprint density at radius 3 is 2.69 bits per heavy atom. The topological polar surface area (TPSA) is 50.2 Å². The Bertz CT molecular complexity index is 415. The molecule has 0 aromatic carbocycles. The number of rotatable bonds is 4. The molecule has 1 rings (SSSR count). The molecule has 7 heteroatoms. The highest BCUT2D eigenvalue weighted by molar-refractivity contribution is 9.10. The molecule has 0 atom stereocenters. The first-order valence-electron chi connectivity index (χ1n) is 4.19. The summed E-state index contributed by atoms with van der Waals surface area (Å²) in [5, 5.41) is 8.65. The number of carboxylic acid groups (broad SMARTS) is 1. The molecule has 16 heavy (non-hydrogen) atoms. The van der Waals surface area contributed by atoms with Crippen molar-refractivity contribution < 1.29 is 18.7 Å². The Labute approximate surface area is 104 Å². The highest BCUT2D eigenvalue weighted by Gasteiger charge is 2.22. The third-order valence-electron chi connectivity index (χ3n) is 1.94. The smallest absolute Gasteiger partial charge is 0.307 e. The van der Waals surface area contributed by atoms with E-state index in [9.17, 15) is 13.6 Å². The van der Waals surface area contributed by atoms with Crippen LogP contribution in [0.25, 0.3) is 0 Å². The maximum absolute atomic E-state index is 12.8. The summed E-state index contributed by atoms with van der Waals surface area (Å²) in [6.07, 6.45) is -2.09. The van der Waals surface area contributed by atoms with Gasteiger partial charge in [-0.15, -0.1) is 11.6 Å². The molecule has 0 fully saturated rings. The van der Waals surface area contributed by atoms with E-state index in [2.05, 4.69) is 20.9 Å². The van der Waals surface area contributed by atoms with E-state index in [1.165, 1.54) is 6.20 Å². The first-order valence-corrected chi connectivity index (χ1v) is 5.52. The standard InChI is InChI=1S/C9H7BrClF2NO2/c10-5-3-14-6(2-11)4(1-7(15)16)8(5)9(12)13/h3,9H,1-2H2,(H,15,16). The van der Waals surface area contributed by atoms with Crippen molar-refractivity contribution in [1.29, 1.82) is 0 Å². The second-order valence-electron chi connectivity index (χ2n) is 2.95. The normalized spacial score (nSPS) is 10.8. The molecule has 0 bridgehead atoms. The van der Waals surface area contributed by atoms with Crippen LogP contribution in [-0.2, 0) is 17.1 Å². The lowest BCUT2D eigenvalue weighted by Gasteiger charge is -2.12. The lowest BCUT2D eigenvalue weighted by molar-refractivity contribution is -0.136. The molecule has 0 aliphatic carbocycles. The number of carbonyl (C=O) groups is 1. The lowest BCUT2D eigenvalue weighted by atomic mass is 10.0. The maximum Gasteiger partial charge on any atom is 0.307 e. The molecule has 1 aromatic heterocycles. The van der Waals surface area contributed by atoms with Gasteiger partial charge in [0.15, 0.2) is 0 Å². The minimum Gasteiger partial charge on any atom is -0.481 e. The fraction of sp³-hybridized carbons (Fsp3) is 0.333. The van der Waals surface area contributed by atoms with Crippen LogP contribution in [0.15, 0.2) is 10.7 Å². The Balaban J connectivity index is 3.36. The summed E-state index contributed by atoms with van der Waals surface area (Å²) in [7, 11) is 0. The Kier molecular flexibility index (Phi) is 4.61. The van der Waals surface area contributed by atoms with E-state index in [-0.39, 0.29) is 27.2 Å². The summed E-state index contributed by atoms with van der Waals surface area (Å²) in [6.45, 7) is 0. The number of aliphatic carboxylic acids is 1. The van der Waals surface area contributed by atoms with E-state index in [4.69, 9.17) is 16.7 Å². The fourth-order valence-electron chi connectivity index (χ4n) is 1.28. The van der Waals surface area contributed by atoms with E-state index in [1.54, 1.807) is 0 Å². The molecule has 0 unspecified atom stereocenters. The van der Waals surface area contributed by atoms with Crippen LogP contribution in [0.2, 0.25) is 0 Å². The first-order chi connectivity index (χ1) is 7.47. The van der Waals surface area contributed by atoms with E-state index in [0.29, 0.717) is 0 Å². The van der Waals surface area contributed by atoms with Gasteiger partial charge in [-0.05, 0) is 21.5 Å². The zero-order valence-corrected chi connectivity index (χ0v) is 10.2. The number of hydrogen-bond acceptors (Lipinski definition) is 2. The quantitative estimate of drug-likeness (QED) is 0.869. The number of pyridine rings is 1. The summed E-state index contributed by atoms with van der Waals surface area (Å²) in [4.78, 5) is 14.4. The first kappa shape index (κ1) is 13.3. The molecule has 0 amide bonds. The van der Waals surface area contributed by atoms with Gasteiger partial charge in [0, 0.05) is 16.2 Å². The summed E-state index contributed by atoms with van der Waals surface area (Å²) in [6, 6.07) is 0. The van der Waals surface area contributed by atoms with Gasteiger partial charge < -0.3 is 5.11 Å². The van der Waals surface area contributed by atoms with Gasteiger partial charge in [0.05, 0.1) is 18.0 Å². The van der Waals surface area contributed by atoms with Crippen molar-refractivity contribution in [3.05, 3.63) is 27.5 Å². The number of aromatic nitrogens is 1. The largest absolute Gasteiger partial charge is 0.481 e. The van der Waals surface area contributed by atoms with Crippen LogP contribution in [0.3, 0.4) is 0 Å². The van der Waals surface area contributed by atoms with E-state index < -0.39 is 18.8 Å². The number of alkyl halides is 3. The lowest BCUT2D eigenvalue weighted by Crippen LogP contribution is -2.09. The van der Waals surface area contributed by atoms with Crippen molar-refractivity contribution in [2.75, 3.05) is 0 Å². The van der Waals surface area contributed by atoms with Gasteiger partial charge in [0.25, 0.3) is 6.43 Å². The molecule has 0 radical (unpaired) electrons. The highest BCUT2D eigenvalue weighted by Crippen LogP contribution is 2.32. The molecular weight excluding hydrogens is 307 g/mol. The van der Waals surface area contributed by atoms with Gasteiger partial charge in [-0.25, -0.2) is 8.78 Å². The molecule has 1 heterocycles. The minimum absolute atomic E-state index is 0.0214. The highest BCUT2D eigenvalue weighted by atomic mass is 79.9. The number of carboxylic acids is 1. The molecule has 88 valence electrons. The zero-order valence-electron chi connectivity index (χ0n) is 7.88. The summed E-state index contributed by atoms with van der Waals surface area (Å²) in [5.41, 5.74) is -0.206. The van der Waals surface area contributed by atoms with E-state index in [1.807, 2.05) is 0 Å². The van der Waals surface area contributed by atoms with Crippen LogP contribution < -0.4 is 0 Å². The molecule has 0 saturated heterocycles. The van der Waals surface area contributed by atoms with E-state index >= 15 is 0 Å². The molecule has 1 aromatic rings. The van der Waals surface area contributed by atoms with Crippen molar-refractivity contribution in [1.82, 2.24) is 4.98 Å². The van der Waals surface area contributed by atoms with Crippen molar-refractivity contribution in [3.8, 4) is 0 Å². The van der Waals surface area contributed by atoms with Crippen LogP contribution in [0.1, 0.15) is 23.2 Å². The SMILES string of the molecule is O=C(O)Cc1c(CCl)ncc(Br)c1C(F)F. The van der Waals surface area contributed by atoms with Gasteiger partial charge in [-0.1, -0.05) is 0 Å². The van der Waals surface area contributed by atoms with Gasteiger partial charge in [0.1, 0.15) is 0 Å². The monoisotopic (exact) mass is 313 g/mol. The molecule has 0 spiro atoms.